The van der Waals surface area contributed by atoms with Gasteiger partial charge in [-0.1, -0.05) is 0 Å². The molecule has 2 atom stereocenters. The highest BCUT2D eigenvalue weighted by atomic mass is 32.1. The number of rotatable bonds is 5. The van der Waals surface area contributed by atoms with Gasteiger partial charge in [-0.05, 0) is 12.8 Å². The van der Waals surface area contributed by atoms with Gasteiger partial charge in [0.15, 0.2) is 6.04 Å². The minimum atomic E-state index is -0.895. The molecule has 0 bridgehead atoms. The van der Waals surface area contributed by atoms with Crippen molar-refractivity contribution in [2.45, 2.75) is 25.0 Å². The van der Waals surface area contributed by atoms with E-state index in [2.05, 4.69) is 10.3 Å². The number of hydrogen-bond acceptors (Lipinski definition) is 5. The summed E-state index contributed by atoms with van der Waals surface area (Å²) in [6.07, 6.45) is 3.81. The molecule has 2 unspecified atom stereocenters. The first-order valence-corrected chi connectivity index (χ1v) is 6.12. The lowest BCUT2D eigenvalue weighted by molar-refractivity contribution is -0.139. The van der Waals surface area contributed by atoms with Gasteiger partial charge < -0.3 is 9.84 Å². The van der Waals surface area contributed by atoms with Gasteiger partial charge in [0, 0.05) is 24.7 Å². The summed E-state index contributed by atoms with van der Waals surface area (Å²) in [5, 5.41) is 14.4. The summed E-state index contributed by atoms with van der Waals surface area (Å²) in [5.41, 5.74) is 0. The fourth-order valence-electron chi connectivity index (χ4n) is 1.71. The second-order valence-corrected chi connectivity index (χ2v) is 4.61. The zero-order chi connectivity index (χ0) is 11.4. The molecule has 2 rings (SSSR count). The minimum Gasteiger partial charge on any atom is -0.480 e. The lowest BCUT2D eigenvalue weighted by Crippen LogP contribution is -2.34. The quantitative estimate of drug-likeness (QED) is 0.807. The Morgan fingerprint density at radius 2 is 2.69 bits per heavy atom. The fraction of sp³-hybridized carbons (Fsp3) is 0.600. The van der Waals surface area contributed by atoms with Crippen molar-refractivity contribution < 1.29 is 14.6 Å². The maximum absolute atomic E-state index is 11.1. The van der Waals surface area contributed by atoms with Gasteiger partial charge in [-0.25, -0.2) is 4.98 Å². The van der Waals surface area contributed by atoms with Crippen molar-refractivity contribution in [2.75, 3.05) is 13.2 Å². The molecule has 1 aromatic heterocycles. The monoisotopic (exact) mass is 242 g/mol. The van der Waals surface area contributed by atoms with Crippen LogP contribution in [0.15, 0.2) is 11.6 Å². The number of carbonyl (C=O) groups is 1. The summed E-state index contributed by atoms with van der Waals surface area (Å²) in [4.78, 5) is 15.1. The second-order valence-electron chi connectivity index (χ2n) is 3.68. The molecule has 1 aliphatic rings. The van der Waals surface area contributed by atoms with Crippen molar-refractivity contribution in [3.8, 4) is 0 Å². The number of nitrogens with one attached hydrogen (secondary N) is 1. The predicted octanol–water partition coefficient (Wildman–Crippen LogP) is 1.04. The molecule has 5 nitrogen and oxygen atoms in total. The summed E-state index contributed by atoms with van der Waals surface area (Å²) >= 11 is 1.35. The van der Waals surface area contributed by atoms with E-state index in [0.717, 1.165) is 19.4 Å². The molecule has 0 amide bonds. The number of carboxylic acids is 1. The molecular formula is C10H14N2O3S. The lowest BCUT2D eigenvalue weighted by atomic mass is 10.2. The van der Waals surface area contributed by atoms with Gasteiger partial charge >= 0.3 is 5.97 Å². The largest absolute Gasteiger partial charge is 0.480 e. The highest BCUT2D eigenvalue weighted by Gasteiger charge is 2.24. The first-order chi connectivity index (χ1) is 7.77. The molecule has 1 aromatic rings. The molecule has 6 heteroatoms. The summed E-state index contributed by atoms with van der Waals surface area (Å²) in [7, 11) is 0. The van der Waals surface area contributed by atoms with E-state index >= 15 is 0 Å². The van der Waals surface area contributed by atoms with E-state index in [1.807, 2.05) is 0 Å². The van der Waals surface area contributed by atoms with E-state index in [4.69, 9.17) is 9.84 Å². The number of aliphatic carboxylic acids is 1. The van der Waals surface area contributed by atoms with Crippen LogP contribution in [0.5, 0.6) is 0 Å². The third kappa shape index (κ3) is 2.78. The molecule has 1 aliphatic heterocycles. The predicted molar refractivity (Wildman–Crippen MR) is 59.5 cm³/mol. The van der Waals surface area contributed by atoms with Gasteiger partial charge in [0.1, 0.15) is 5.01 Å². The Morgan fingerprint density at radius 3 is 3.25 bits per heavy atom. The number of carboxylic acid groups (broad SMARTS) is 1. The molecule has 1 fully saturated rings. The average Bonchev–Trinajstić information content (AvgIpc) is 2.88. The van der Waals surface area contributed by atoms with Crippen LogP contribution in [0.3, 0.4) is 0 Å². The molecule has 0 aromatic carbocycles. The smallest absolute Gasteiger partial charge is 0.327 e. The van der Waals surface area contributed by atoms with Crippen LogP contribution in [0.1, 0.15) is 23.9 Å². The maximum atomic E-state index is 11.1. The van der Waals surface area contributed by atoms with Crippen LogP contribution in [0.25, 0.3) is 0 Å². The molecule has 88 valence electrons. The van der Waals surface area contributed by atoms with Gasteiger partial charge in [-0.15, -0.1) is 11.3 Å². The summed E-state index contributed by atoms with van der Waals surface area (Å²) in [5.74, 6) is -0.895. The lowest BCUT2D eigenvalue weighted by Gasteiger charge is -2.15. The van der Waals surface area contributed by atoms with Gasteiger partial charge in [0.25, 0.3) is 0 Å². The van der Waals surface area contributed by atoms with Crippen molar-refractivity contribution in [1.82, 2.24) is 10.3 Å². The second kappa shape index (κ2) is 5.38. The number of ether oxygens (including phenoxy) is 1. The Kier molecular flexibility index (Phi) is 3.87. The zero-order valence-corrected chi connectivity index (χ0v) is 9.57. The van der Waals surface area contributed by atoms with Gasteiger partial charge in [0.2, 0.25) is 0 Å². The Morgan fingerprint density at radius 1 is 1.81 bits per heavy atom. The van der Waals surface area contributed by atoms with Crippen molar-refractivity contribution in [2.24, 2.45) is 0 Å². The normalized spacial score (nSPS) is 22.1. The van der Waals surface area contributed by atoms with E-state index in [1.165, 1.54) is 11.3 Å². The molecule has 1 saturated heterocycles. The number of nitrogens with zero attached hydrogens (tertiary/aromatic N) is 1. The minimum absolute atomic E-state index is 0.141. The van der Waals surface area contributed by atoms with Crippen LogP contribution < -0.4 is 5.32 Å². The summed E-state index contributed by atoms with van der Waals surface area (Å²) in [6, 6.07) is -0.718. The van der Waals surface area contributed by atoms with E-state index in [1.54, 1.807) is 11.6 Å². The van der Waals surface area contributed by atoms with Crippen LogP contribution >= 0.6 is 11.3 Å². The highest BCUT2D eigenvalue weighted by molar-refractivity contribution is 7.09. The molecule has 0 saturated carbocycles. The maximum Gasteiger partial charge on any atom is 0.327 e. The highest BCUT2D eigenvalue weighted by Crippen LogP contribution is 2.17. The number of aromatic nitrogens is 1. The Labute approximate surface area is 97.5 Å². The van der Waals surface area contributed by atoms with E-state index in [0.29, 0.717) is 11.6 Å². The standard InChI is InChI=1S/C10H14N2O3S/c13-10(14)8(9-11-3-5-16-9)12-6-7-2-1-4-15-7/h3,5,7-8,12H,1-2,4,6H2,(H,13,14). The van der Waals surface area contributed by atoms with Crippen LogP contribution in [-0.4, -0.2) is 35.3 Å². The van der Waals surface area contributed by atoms with Gasteiger partial charge in [-0.3, -0.25) is 10.1 Å². The van der Waals surface area contributed by atoms with Gasteiger partial charge in [0.05, 0.1) is 6.10 Å². The molecule has 0 spiro atoms. The zero-order valence-electron chi connectivity index (χ0n) is 8.76. The van der Waals surface area contributed by atoms with Crippen LogP contribution in [-0.2, 0) is 9.53 Å². The summed E-state index contributed by atoms with van der Waals surface area (Å²) < 4.78 is 5.43. The molecular weight excluding hydrogens is 228 g/mol. The van der Waals surface area contributed by atoms with Crippen molar-refractivity contribution in [1.29, 1.82) is 0 Å². The average molecular weight is 242 g/mol. The van der Waals surface area contributed by atoms with Crippen molar-refractivity contribution in [3.63, 3.8) is 0 Å². The molecule has 2 N–H and O–H groups in total. The Hall–Kier alpha value is -0.980. The molecule has 16 heavy (non-hydrogen) atoms. The number of thiazole rings is 1. The van der Waals surface area contributed by atoms with E-state index in [-0.39, 0.29) is 6.10 Å². The SMILES string of the molecule is O=C(O)C(NCC1CCCO1)c1nccs1. The topological polar surface area (TPSA) is 71.5 Å². The first kappa shape index (κ1) is 11.5. The van der Waals surface area contributed by atoms with E-state index in [9.17, 15) is 4.79 Å². The molecule has 2 heterocycles. The van der Waals surface area contributed by atoms with Crippen LogP contribution in [0.2, 0.25) is 0 Å². The van der Waals surface area contributed by atoms with Crippen LogP contribution in [0, 0.1) is 0 Å². The molecule has 0 radical (unpaired) electrons. The molecule has 0 aliphatic carbocycles. The van der Waals surface area contributed by atoms with Crippen molar-refractivity contribution in [3.05, 3.63) is 16.6 Å². The fourth-order valence-corrected chi connectivity index (χ4v) is 2.42. The first-order valence-electron chi connectivity index (χ1n) is 5.24. The number of hydrogen-bond donors (Lipinski definition) is 2. The third-order valence-electron chi connectivity index (χ3n) is 2.52. The Balaban J connectivity index is 1.90. The van der Waals surface area contributed by atoms with Crippen LogP contribution in [0.4, 0.5) is 0 Å². The Bertz CT molecular complexity index is 336. The summed E-state index contributed by atoms with van der Waals surface area (Å²) in [6.45, 7) is 1.35. The van der Waals surface area contributed by atoms with Crippen molar-refractivity contribution >= 4 is 17.3 Å². The van der Waals surface area contributed by atoms with Gasteiger partial charge in [-0.2, -0.15) is 0 Å². The van der Waals surface area contributed by atoms with E-state index < -0.39 is 12.0 Å². The third-order valence-corrected chi connectivity index (χ3v) is 3.36.